The largest absolute Gasteiger partial charge is 0.406 e. The third-order valence-electron chi connectivity index (χ3n) is 4.53. The average molecular weight is 418 g/mol. The van der Waals surface area contributed by atoms with Gasteiger partial charge in [0.1, 0.15) is 6.54 Å². The van der Waals surface area contributed by atoms with Crippen LogP contribution in [0.5, 0.6) is 0 Å². The monoisotopic (exact) mass is 417 g/mol. The Hall–Kier alpha value is -1.54. The first kappa shape index (κ1) is 18.3. The van der Waals surface area contributed by atoms with Gasteiger partial charge >= 0.3 is 6.18 Å². The molecule has 1 aromatic carbocycles. The number of aromatic nitrogens is 1. The van der Waals surface area contributed by atoms with Crippen LogP contribution in [-0.2, 0) is 6.54 Å². The number of benzene rings is 1. The predicted molar refractivity (Wildman–Crippen MR) is 93.7 cm³/mol. The quantitative estimate of drug-likeness (QED) is 0.760. The van der Waals surface area contributed by atoms with Gasteiger partial charge in [0.15, 0.2) is 0 Å². The molecule has 4 nitrogen and oxygen atoms in total. The molecule has 0 bridgehead atoms. The summed E-state index contributed by atoms with van der Waals surface area (Å²) in [5.41, 5.74) is 0.735. The molecule has 0 atom stereocenters. The molecule has 1 aliphatic heterocycles. The molecule has 0 spiro atoms. The maximum Gasteiger partial charge on any atom is 0.406 e. The molecule has 1 saturated heterocycles. The highest BCUT2D eigenvalue weighted by Gasteiger charge is 2.30. The fourth-order valence-electron chi connectivity index (χ4n) is 3.20. The van der Waals surface area contributed by atoms with Crippen molar-refractivity contribution in [1.29, 1.82) is 0 Å². The van der Waals surface area contributed by atoms with E-state index in [1.807, 2.05) is 0 Å². The van der Waals surface area contributed by atoms with Gasteiger partial charge in [0.05, 0.1) is 11.1 Å². The topological polar surface area (TPSA) is 28.5 Å². The zero-order valence-electron chi connectivity index (χ0n) is 13.8. The third kappa shape index (κ3) is 4.00. The van der Waals surface area contributed by atoms with Crippen LogP contribution in [0.2, 0.25) is 0 Å². The molecule has 0 aliphatic carbocycles. The van der Waals surface area contributed by atoms with E-state index >= 15 is 0 Å². The number of alkyl halides is 3. The van der Waals surface area contributed by atoms with Gasteiger partial charge in [0.25, 0.3) is 5.91 Å². The maximum atomic E-state index is 12.9. The second-order valence-corrected chi connectivity index (χ2v) is 7.09. The van der Waals surface area contributed by atoms with Crippen LogP contribution in [0.4, 0.5) is 13.2 Å². The van der Waals surface area contributed by atoms with Crippen molar-refractivity contribution in [2.45, 2.75) is 19.6 Å². The zero-order valence-corrected chi connectivity index (χ0v) is 15.4. The van der Waals surface area contributed by atoms with E-state index in [-0.39, 0.29) is 5.91 Å². The molecular formula is C17H19BrF3N3O. The van der Waals surface area contributed by atoms with Gasteiger partial charge in [-0.05, 0) is 18.7 Å². The summed E-state index contributed by atoms with van der Waals surface area (Å²) in [5, 5.41) is 0.551. The predicted octanol–water partition coefficient (Wildman–Crippen LogP) is 3.74. The first-order valence-electron chi connectivity index (χ1n) is 8.15. The summed E-state index contributed by atoms with van der Waals surface area (Å²) >= 11 is 3.29. The van der Waals surface area contributed by atoms with Crippen molar-refractivity contribution in [3.63, 3.8) is 0 Å². The first-order valence-corrected chi connectivity index (χ1v) is 8.94. The Morgan fingerprint density at radius 1 is 1.20 bits per heavy atom. The minimum Gasteiger partial charge on any atom is -0.337 e. The zero-order chi connectivity index (χ0) is 18.2. The smallest absolute Gasteiger partial charge is 0.337 e. The number of amides is 1. The number of likely N-dealkylation sites (N-methyl/N-ethyl adjacent to an activating group) is 1. The lowest BCUT2D eigenvalue weighted by Gasteiger charge is -2.34. The van der Waals surface area contributed by atoms with Crippen LogP contribution in [0.25, 0.3) is 10.9 Å². The Kier molecular flexibility index (Phi) is 5.11. The highest BCUT2D eigenvalue weighted by atomic mass is 79.9. The van der Waals surface area contributed by atoms with E-state index in [0.717, 1.165) is 24.2 Å². The van der Waals surface area contributed by atoms with E-state index in [2.05, 4.69) is 27.8 Å². The minimum atomic E-state index is -4.35. The second kappa shape index (κ2) is 6.99. The van der Waals surface area contributed by atoms with Gasteiger partial charge in [-0.15, -0.1) is 0 Å². The van der Waals surface area contributed by atoms with Gasteiger partial charge in [0, 0.05) is 42.2 Å². The minimum absolute atomic E-state index is 0.205. The summed E-state index contributed by atoms with van der Waals surface area (Å²) in [4.78, 5) is 16.8. The third-order valence-corrected chi connectivity index (χ3v) is 5.02. The molecule has 1 amide bonds. The van der Waals surface area contributed by atoms with Crippen molar-refractivity contribution < 1.29 is 18.0 Å². The molecule has 8 heteroatoms. The summed E-state index contributed by atoms with van der Waals surface area (Å²) in [6.07, 6.45) is -3.01. The second-order valence-electron chi connectivity index (χ2n) is 6.17. The van der Waals surface area contributed by atoms with Crippen LogP contribution in [0.15, 0.2) is 28.9 Å². The lowest BCUT2D eigenvalue weighted by molar-refractivity contribution is -0.139. The van der Waals surface area contributed by atoms with Crippen LogP contribution < -0.4 is 0 Å². The lowest BCUT2D eigenvalue weighted by Crippen LogP contribution is -2.48. The summed E-state index contributed by atoms with van der Waals surface area (Å²) in [5.74, 6) is -0.205. The summed E-state index contributed by atoms with van der Waals surface area (Å²) < 4.78 is 40.4. The van der Waals surface area contributed by atoms with E-state index in [1.165, 1.54) is 6.20 Å². The number of halogens is 4. The fourth-order valence-corrected chi connectivity index (χ4v) is 3.55. The molecule has 0 unspecified atom stereocenters. The van der Waals surface area contributed by atoms with Gasteiger partial charge in [-0.3, -0.25) is 4.79 Å². The number of fused-ring (bicyclic) bond motifs is 1. The number of rotatable bonds is 3. The van der Waals surface area contributed by atoms with Crippen molar-refractivity contribution >= 4 is 32.7 Å². The van der Waals surface area contributed by atoms with Crippen LogP contribution in [0.1, 0.15) is 17.3 Å². The number of hydrogen-bond donors (Lipinski definition) is 0. The molecule has 136 valence electrons. The van der Waals surface area contributed by atoms with Crippen molar-refractivity contribution in [3.8, 4) is 0 Å². The molecule has 0 N–H and O–H groups in total. The maximum absolute atomic E-state index is 12.9. The number of piperazine rings is 1. The summed E-state index contributed by atoms with van der Waals surface area (Å²) in [6, 6.07) is 5.06. The normalized spacial score (nSPS) is 16.6. The van der Waals surface area contributed by atoms with Crippen LogP contribution in [0.3, 0.4) is 0 Å². The Balaban J connectivity index is 1.94. The van der Waals surface area contributed by atoms with Gasteiger partial charge < -0.3 is 14.4 Å². The molecule has 2 aromatic rings. The first-order chi connectivity index (χ1) is 11.8. The molecule has 1 aliphatic rings. The van der Waals surface area contributed by atoms with Crippen molar-refractivity contribution in [1.82, 2.24) is 14.4 Å². The summed E-state index contributed by atoms with van der Waals surface area (Å²) in [7, 11) is 0. The number of carbonyl (C=O) groups excluding carboxylic acids is 1. The molecule has 0 radical (unpaired) electrons. The molecule has 2 heterocycles. The molecule has 1 fully saturated rings. The van der Waals surface area contributed by atoms with Crippen molar-refractivity contribution in [3.05, 3.63) is 34.4 Å². The number of carbonyl (C=O) groups is 1. The van der Waals surface area contributed by atoms with Crippen LogP contribution in [0, 0.1) is 0 Å². The van der Waals surface area contributed by atoms with Gasteiger partial charge in [-0.2, -0.15) is 13.2 Å². The Bertz CT molecular complexity index is 779. The number of nitrogens with zero attached hydrogens (tertiary/aromatic N) is 3. The molecule has 0 saturated carbocycles. The highest BCUT2D eigenvalue weighted by Crippen LogP contribution is 2.29. The van der Waals surface area contributed by atoms with Gasteiger partial charge in [0.2, 0.25) is 0 Å². The van der Waals surface area contributed by atoms with Crippen molar-refractivity contribution in [2.75, 3.05) is 32.7 Å². The highest BCUT2D eigenvalue weighted by molar-refractivity contribution is 9.10. The van der Waals surface area contributed by atoms with E-state index in [4.69, 9.17) is 0 Å². The van der Waals surface area contributed by atoms with E-state index in [9.17, 15) is 18.0 Å². The molecule has 3 rings (SSSR count). The summed E-state index contributed by atoms with van der Waals surface area (Å²) in [6.45, 7) is 4.64. The van der Waals surface area contributed by atoms with Crippen LogP contribution >= 0.6 is 15.9 Å². The Morgan fingerprint density at radius 2 is 1.88 bits per heavy atom. The molecular weight excluding hydrogens is 399 g/mol. The lowest BCUT2D eigenvalue weighted by atomic mass is 10.1. The SMILES string of the molecule is CCN1CCN(C(=O)c2cn(CC(F)(F)F)c3cc(Br)ccc23)CC1. The van der Waals surface area contributed by atoms with Gasteiger partial charge in [-0.1, -0.05) is 28.9 Å². The van der Waals surface area contributed by atoms with E-state index in [0.29, 0.717) is 34.0 Å². The average Bonchev–Trinajstić information content (AvgIpc) is 2.90. The van der Waals surface area contributed by atoms with E-state index < -0.39 is 12.7 Å². The Labute approximate surface area is 152 Å². The Morgan fingerprint density at radius 3 is 2.48 bits per heavy atom. The van der Waals surface area contributed by atoms with Crippen LogP contribution in [-0.4, -0.2) is 59.2 Å². The van der Waals surface area contributed by atoms with E-state index in [1.54, 1.807) is 23.1 Å². The standard InChI is InChI=1S/C17H19BrF3N3O/c1-2-22-5-7-23(8-6-22)16(25)14-10-24(11-17(19,20)21)15-9-12(18)3-4-13(14)15/h3-4,9-10H,2,5-8,11H2,1H3. The molecule has 1 aromatic heterocycles. The van der Waals surface area contributed by atoms with Crippen molar-refractivity contribution in [2.24, 2.45) is 0 Å². The molecule has 25 heavy (non-hydrogen) atoms. The fraction of sp³-hybridized carbons (Fsp3) is 0.471. The number of hydrogen-bond acceptors (Lipinski definition) is 2. The van der Waals surface area contributed by atoms with Gasteiger partial charge in [-0.25, -0.2) is 0 Å².